The average Bonchev–Trinajstić information content (AvgIpc) is 3.66. The van der Waals surface area contributed by atoms with Crippen LogP contribution in [0.1, 0.15) is 46.2 Å². The molecule has 10 nitrogen and oxygen atoms in total. The molecule has 11 heteroatoms. The molecule has 3 fully saturated rings. The highest BCUT2D eigenvalue weighted by Gasteiger charge is 2.26. The summed E-state index contributed by atoms with van der Waals surface area (Å²) in [6, 6.07) is 5.63. The summed E-state index contributed by atoms with van der Waals surface area (Å²) in [5, 5.41) is 8.55. The van der Waals surface area contributed by atoms with Crippen LogP contribution >= 0.6 is 11.3 Å². The van der Waals surface area contributed by atoms with Crippen LogP contribution in [0.25, 0.3) is 0 Å². The second-order valence-electron chi connectivity index (χ2n) is 9.89. The van der Waals surface area contributed by atoms with Gasteiger partial charge in [-0.3, -0.25) is 14.5 Å². The number of rotatable bonds is 8. The smallest absolute Gasteiger partial charge is 0.275 e. The Balaban J connectivity index is 1.31. The van der Waals surface area contributed by atoms with E-state index in [4.69, 9.17) is 14.2 Å². The maximum Gasteiger partial charge on any atom is 0.275 e. The molecule has 1 aromatic heterocycles. The maximum atomic E-state index is 13.3. The standard InChI is InChI=1S/C26H35N5O5S/c1-17-12-30(8-10-36-17)13-18-3-4-22(21(11-18)24(32)27-19-6-9-35-15-19)28-25(33)23-16-37-26(29-23)31-7-5-20(14-31)34-2/h3-4,11,16-17,19-20H,5-10,12-15H2,1-2H3,(H,27,32)(H,28,33)/t17-,19-,20-/m0/s1. The van der Waals surface area contributed by atoms with Crippen molar-refractivity contribution in [1.82, 2.24) is 15.2 Å². The molecule has 0 saturated carbocycles. The number of benzene rings is 1. The molecule has 3 aliphatic rings. The van der Waals surface area contributed by atoms with Gasteiger partial charge in [-0.15, -0.1) is 11.3 Å². The Morgan fingerprint density at radius 2 is 2.08 bits per heavy atom. The van der Waals surface area contributed by atoms with Crippen LogP contribution in [-0.2, 0) is 20.8 Å². The third kappa shape index (κ3) is 6.47. The molecular weight excluding hydrogens is 494 g/mol. The molecule has 3 aliphatic heterocycles. The first-order valence-corrected chi connectivity index (χ1v) is 13.8. The molecule has 0 spiro atoms. The van der Waals surface area contributed by atoms with Gasteiger partial charge >= 0.3 is 0 Å². The summed E-state index contributed by atoms with van der Waals surface area (Å²) in [5.74, 6) is -0.553. The number of carbonyl (C=O) groups is 2. The minimum atomic E-state index is -0.335. The van der Waals surface area contributed by atoms with E-state index in [9.17, 15) is 9.59 Å². The molecule has 0 bridgehead atoms. The van der Waals surface area contributed by atoms with Crippen molar-refractivity contribution >= 4 is 34.0 Å². The fourth-order valence-electron chi connectivity index (χ4n) is 4.98. The molecule has 5 rings (SSSR count). The number of anilines is 2. The van der Waals surface area contributed by atoms with E-state index in [2.05, 4.69) is 32.3 Å². The van der Waals surface area contributed by atoms with Crippen LogP contribution in [0.2, 0.25) is 0 Å². The van der Waals surface area contributed by atoms with Gasteiger partial charge in [0.1, 0.15) is 5.69 Å². The van der Waals surface area contributed by atoms with Crippen LogP contribution in [0, 0.1) is 0 Å². The molecule has 2 aromatic rings. The van der Waals surface area contributed by atoms with Crippen molar-refractivity contribution in [2.75, 3.05) is 63.3 Å². The Morgan fingerprint density at radius 3 is 2.84 bits per heavy atom. The van der Waals surface area contributed by atoms with E-state index in [0.29, 0.717) is 43.3 Å². The van der Waals surface area contributed by atoms with Crippen molar-refractivity contribution in [3.8, 4) is 0 Å². The summed E-state index contributed by atoms with van der Waals surface area (Å²) in [6.07, 6.45) is 2.09. The SMILES string of the molecule is CO[C@H]1CCN(c2nc(C(=O)Nc3ccc(CN4CCO[C@@H](C)C4)cc3C(=O)N[C@H]3CCOC3)cs2)C1. The predicted octanol–water partition coefficient (Wildman–Crippen LogP) is 2.36. The molecule has 4 heterocycles. The van der Waals surface area contributed by atoms with Crippen LogP contribution in [0.4, 0.5) is 10.8 Å². The van der Waals surface area contributed by atoms with Crippen molar-refractivity contribution in [2.24, 2.45) is 0 Å². The number of ether oxygens (including phenoxy) is 3. The lowest BCUT2D eigenvalue weighted by Gasteiger charge is -2.31. The molecule has 1 aromatic carbocycles. The first-order chi connectivity index (χ1) is 18.0. The van der Waals surface area contributed by atoms with Crippen LogP contribution in [0.5, 0.6) is 0 Å². The predicted molar refractivity (Wildman–Crippen MR) is 142 cm³/mol. The number of morpholine rings is 1. The van der Waals surface area contributed by atoms with Gasteiger partial charge in [0.15, 0.2) is 5.13 Å². The Labute approximate surface area is 221 Å². The van der Waals surface area contributed by atoms with Gasteiger partial charge in [0.25, 0.3) is 11.8 Å². The number of methoxy groups -OCH3 is 1. The average molecular weight is 530 g/mol. The van der Waals surface area contributed by atoms with E-state index < -0.39 is 0 Å². The van der Waals surface area contributed by atoms with Gasteiger partial charge in [-0.05, 0) is 37.5 Å². The van der Waals surface area contributed by atoms with E-state index >= 15 is 0 Å². The summed E-state index contributed by atoms with van der Waals surface area (Å²) in [4.78, 5) is 35.4. The molecule has 0 unspecified atom stereocenters. The third-order valence-electron chi connectivity index (χ3n) is 7.05. The van der Waals surface area contributed by atoms with Crippen LogP contribution in [-0.4, -0.2) is 93.1 Å². The van der Waals surface area contributed by atoms with Gasteiger partial charge in [0.2, 0.25) is 0 Å². The van der Waals surface area contributed by atoms with Gasteiger partial charge in [-0.2, -0.15) is 0 Å². The van der Waals surface area contributed by atoms with Crippen molar-refractivity contribution in [3.05, 3.63) is 40.4 Å². The van der Waals surface area contributed by atoms with E-state index in [-0.39, 0.29) is 30.1 Å². The normalized spacial score (nSPS) is 24.4. The number of hydrogen-bond donors (Lipinski definition) is 2. The van der Waals surface area contributed by atoms with Crippen molar-refractivity contribution in [2.45, 2.75) is 44.6 Å². The van der Waals surface area contributed by atoms with E-state index in [1.165, 1.54) is 11.3 Å². The molecule has 200 valence electrons. The number of carbonyl (C=O) groups excluding carboxylic acids is 2. The number of hydrogen-bond acceptors (Lipinski definition) is 9. The van der Waals surface area contributed by atoms with Crippen molar-refractivity contribution in [3.63, 3.8) is 0 Å². The number of nitrogens with one attached hydrogen (secondary N) is 2. The first-order valence-electron chi connectivity index (χ1n) is 12.9. The first kappa shape index (κ1) is 26.1. The zero-order chi connectivity index (χ0) is 25.8. The highest BCUT2D eigenvalue weighted by atomic mass is 32.1. The zero-order valence-corrected chi connectivity index (χ0v) is 22.2. The summed E-state index contributed by atoms with van der Waals surface area (Å²) >= 11 is 1.44. The Morgan fingerprint density at radius 1 is 1.19 bits per heavy atom. The number of amides is 2. The minimum Gasteiger partial charge on any atom is -0.380 e. The third-order valence-corrected chi connectivity index (χ3v) is 7.95. The molecular formula is C26H35N5O5S. The summed E-state index contributed by atoms with van der Waals surface area (Å²) in [6.45, 7) is 7.92. The number of aromatic nitrogens is 1. The topological polar surface area (TPSA) is 105 Å². The van der Waals surface area contributed by atoms with E-state index in [1.54, 1.807) is 12.5 Å². The van der Waals surface area contributed by atoms with Gasteiger partial charge in [0, 0.05) is 51.8 Å². The van der Waals surface area contributed by atoms with Crippen LogP contribution in [0.3, 0.4) is 0 Å². The maximum absolute atomic E-state index is 13.3. The number of nitrogens with zero attached hydrogens (tertiary/aromatic N) is 3. The van der Waals surface area contributed by atoms with Gasteiger partial charge in [-0.25, -0.2) is 4.98 Å². The lowest BCUT2D eigenvalue weighted by Crippen LogP contribution is -2.40. The highest BCUT2D eigenvalue weighted by molar-refractivity contribution is 7.14. The summed E-state index contributed by atoms with van der Waals surface area (Å²) in [7, 11) is 1.72. The van der Waals surface area contributed by atoms with E-state index in [0.717, 1.165) is 49.7 Å². The number of thiazole rings is 1. The van der Waals surface area contributed by atoms with Crippen molar-refractivity contribution in [1.29, 1.82) is 0 Å². The molecule has 3 saturated heterocycles. The van der Waals surface area contributed by atoms with Crippen molar-refractivity contribution < 1.29 is 23.8 Å². The van der Waals surface area contributed by atoms with Gasteiger partial charge in [0.05, 0.1) is 42.7 Å². The minimum absolute atomic E-state index is 0.0303. The summed E-state index contributed by atoms with van der Waals surface area (Å²) < 4.78 is 16.5. The monoisotopic (exact) mass is 529 g/mol. The quantitative estimate of drug-likeness (QED) is 0.537. The van der Waals surface area contributed by atoms with Gasteiger partial charge in [-0.1, -0.05) is 6.07 Å². The fraction of sp³-hybridized carbons (Fsp3) is 0.577. The molecule has 0 aliphatic carbocycles. The van der Waals surface area contributed by atoms with E-state index in [1.807, 2.05) is 18.2 Å². The lowest BCUT2D eigenvalue weighted by molar-refractivity contribution is -0.0212. The Kier molecular flexibility index (Phi) is 8.36. The molecule has 37 heavy (non-hydrogen) atoms. The largest absolute Gasteiger partial charge is 0.380 e. The lowest BCUT2D eigenvalue weighted by atomic mass is 10.1. The summed E-state index contributed by atoms with van der Waals surface area (Å²) in [5.41, 5.74) is 2.26. The molecule has 3 atom stereocenters. The Bertz CT molecular complexity index is 1100. The Hall–Kier alpha value is -2.57. The van der Waals surface area contributed by atoms with Gasteiger partial charge < -0.3 is 29.7 Å². The second kappa shape index (κ2) is 11.9. The molecule has 0 radical (unpaired) electrons. The molecule has 2 N–H and O–H groups in total. The van der Waals surface area contributed by atoms with Crippen LogP contribution in [0.15, 0.2) is 23.6 Å². The second-order valence-corrected chi connectivity index (χ2v) is 10.7. The zero-order valence-electron chi connectivity index (χ0n) is 21.4. The molecule has 2 amide bonds. The highest BCUT2D eigenvalue weighted by Crippen LogP contribution is 2.27. The van der Waals surface area contributed by atoms with Crippen LogP contribution < -0.4 is 15.5 Å². The fourth-order valence-corrected chi connectivity index (χ4v) is 5.83.